The van der Waals surface area contributed by atoms with E-state index in [1.54, 1.807) is 13.8 Å². The van der Waals surface area contributed by atoms with Crippen molar-refractivity contribution in [3.8, 4) is 0 Å². The van der Waals surface area contributed by atoms with Crippen LogP contribution in [0.25, 0.3) is 0 Å². The van der Waals surface area contributed by atoms with Crippen LogP contribution < -0.4 is 5.56 Å². The Labute approximate surface area is 89.5 Å². The molecule has 1 aromatic heterocycles. The van der Waals surface area contributed by atoms with Gasteiger partial charge in [0.15, 0.2) is 0 Å². The number of aromatic amines is 1. The fraction of sp³-hybridized carbons (Fsp3) is 0.600. The summed E-state index contributed by atoms with van der Waals surface area (Å²) in [5.41, 5.74) is 0.301. The van der Waals surface area contributed by atoms with Gasteiger partial charge < -0.3 is 4.98 Å². The number of nitrogens with zero attached hydrogens (tertiary/aromatic N) is 1. The fourth-order valence-corrected chi connectivity index (χ4v) is 0.802. The third kappa shape index (κ3) is 5.02. The first kappa shape index (κ1) is 13.2. The minimum Gasteiger partial charge on any atom is -0.309 e. The fourth-order valence-electron chi connectivity index (χ4n) is 0.712. The summed E-state index contributed by atoms with van der Waals surface area (Å²) in [6, 6.07) is 0. The molecule has 0 amide bonds. The van der Waals surface area contributed by atoms with E-state index in [1.165, 1.54) is 0 Å². The highest BCUT2D eigenvalue weighted by Crippen LogP contribution is 2.03. The molecule has 0 spiro atoms. The van der Waals surface area contributed by atoms with E-state index in [1.807, 2.05) is 0 Å². The Bertz CT molecular complexity index is 342. The van der Waals surface area contributed by atoms with Crippen LogP contribution in [0.5, 0.6) is 0 Å². The van der Waals surface area contributed by atoms with E-state index in [2.05, 4.69) is 30.7 Å². The third-order valence-electron chi connectivity index (χ3n) is 1.15. The van der Waals surface area contributed by atoms with Gasteiger partial charge in [0.1, 0.15) is 10.8 Å². The molecule has 1 N–H and O–H groups in total. The van der Waals surface area contributed by atoms with Crippen molar-refractivity contribution in [3.63, 3.8) is 0 Å². The maximum atomic E-state index is 10.8. The lowest BCUT2D eigenvalue weighted by atomic mass is 10.3. The highest BCUT2D eigenvalue weighted by molar-refractivity contribution is 6.30. The van der Waals surface area contributed by atoms with E-state index in [0.29, 0.717) is 11.5 Å². The predicted octanol–water partition coefficient (Wildman–Crippen LogP) is 2.70. The van der Waals surface area contributed by atoms with Crippen molar-refractivity contribution in [2.45, 2.75) is 34.6 Å². The SMILES string of the molecule is CC(C)C.Cc1nc(C)c(Cl)c(=O)[nH]1. The van der Waals surface area contributed by atoms with Gasteiger partial charge in [-0.2, -0.15) is 0 Å². The van der Waals surface area contributed by atoms with Crippen molar-refractivity contribution >= 4 is 11.6 Å². The number of hydrogen-bond acceptors (Lipinski definition) is 2. The molecule has 0 saturated carbocycles. The highest BCUT2D eigenvalue weighted by Gasteiger charge is 2.00. The number of hydrogen-bond donors (Lipinski definition) is 1. The van der Waals surface area contributed by atoms with Crippen molar-refractivity contribution < 1.29 is 0 Å². The first-order valence-corrected chi connectivity index (χ1v) is 4.95. The molecule has 4 heteroatoms. The molecule has 0 saturated heterocycles. The molecule has 80 valence electrons. The van der Waals surface area contributed by atoms with Gasteiger partial charge in [-0.1, -0.05) is 32.4 Å². The van der Waals surface area contributed by atoms with Crippen LogP contribution in [0.4, 0.5) is 0 Å². The summed E-state index contributed by atoms with van der Waals surface area (Å²) in [6.07, 6.45) is 0. The zero-order valence-electron chi connectivity index (χ0n) is 9.31. The number of nitrogens with one attached hydrogen (secondary N) is 1. The summed E-state index contributed by atoms with van der Waals surface area (Å²) in [4.78, 5) is 17.3. The molecule has 0 fully saturated rings. The molecule has 1 heterocycles. The van der Waals surface area contributed by atoms with E-state index in [4.69, 9.17) is 11.6 Å². The zero-order valence-corrected chi connectivity index (χ0v) is 10.1. The monoisotopic (exact) mass is 216 g/mol. The molecule has 0 unspecified atom stereocenters. The molecular formula is C10H17ClN2O. The van der Waals surface area contributed by atoms with Gasteiger partial charge >= 0.3 is 0 Å². The standard InChI is InChI=1S/C6H7ClN2O.C4H10/c1-3-5(7)6(10)9-4(2)8-3;1-4(2)3/h1-2H3,(H,8,9,10);4H,1-3H3. The van der Waals surface area contributed by atoms with Gasteiger partial charge in [-0.3, -0.25) is 4.79 Å². The summed E-state index contributed by atoms with van der Waals surface area (Å²) in [6.45, 7) is 9.91. The quantitative estimate of drug-likeness (QED) is 0.725. The molecular weight excluding hydrogens is 200 g/mol. The Balaban J connectivity index is 0.000000364. The zero-order chi connectivity index (χ0) is 11.3. The minimum absolute atomic E-state index is 0.172. The van der Waals surface area contributed by atoms with Crippen LogP contribution in [0.15, 0.2) is 4.79 Å². The number of rotatable bonds is 0. The van der Waals surface area contributed by atoms with E-state index in [-0.39, 0.29) is 10.6 Å². The highest BCUT2D eigenvalue weighted by atomic mass is 35.5. The van der Waals surface area contributed by atoms with Gasteiger partial charge in [0.05, 0.1) is 5.69 Å². The third-order valence-corrected chi connectivity index (χ3v) is 1.59. The van der Waals surface area contributed by atoms with Gasteiger partial charge in [0, 0.05) is 0 Å². The molecule has 0 aliphatic carbocycles. The van der Waals surface area contributed by atoms with Crippen LogP contribution in [-0.2, 0) is 0 Å². The molecule has 0 atom stereocenters. The predicted molar refractivity (Wildman–Crippen MR) is 59.9 cm³/mol. The molecule has 0 aliphatic rings. The van der Waals surface area contributed by atoms with Gasteiger partial charge in [-0.15, -0.1) is 0 Å². The van der Waals surface area contributed by atoms with E-state index < -0.39 is 0 Å². The molecule has 0 aliphatic heterocycles. The number of halogens is 1. The Morgan fingerprint density at radius 3 is 2.07 bits per heavy atom. The van der Waals surface area contributed by atoms with Crippen molar-refractivity contribution in [2.75, 3.05) is 0 Å². The lowest BCUT2D eigenvalue weighted by Crippen LogP contribution is -2.11. The Kier molecular flexibility index (Phi) is 5.46. The second-order valence-corrected chi connectivity index (χ2v) is 4.16. The maximum absolute atomic E-state index is 10.8. The second-order valence-electron chi connectivity index (χ2n) is 3.78. The van der Waals surface area contributed by atoms with Gasteiger partial charge in [0.25, 0.3) is 5.56 Å². The molecule has 0 aromatic carbocycles. The number of aryl methyl sites for hydroxylation is 2. The first-order chi connectivity index (χ1) is 6.34. The lowest BCUT2D eigenvalue weighted by molar-refractivity contribution is 0.737. The molecule has 0 bridgehead atoms. The minimum atomic E-state index is -0.272. The van der Waals surface area contributed by atoms with E-state index in [0.717, 1.165) is 5.92 Å². The smallest absolute Gasteiger partial charge is 0.269 e. The van der Waals surface area contributed by atoms with Gasteiger partial charge in [-0.25, -0.2) is 4.98 Å². The van der Waals surface area contributed by atoms with Crippen LogP contribution >= 0.6 is 11.6 Å². The Morgan fingerprint density at radius 1 is 1.29 bits per heavy atom. The Hall–Kier alpha value is -0.830. The van der Waals surface area contributed by atoms with Gasteiger partial charge in [-0.05, 0) is 19.8 Å². The van der Waals surface area contributed by atoms with Crippen molar-refractivity contribution in [1.29, 1.82) is 0 Å². The van der Waals surface area contributed by atoms with Crippen molar-refractivity contribution in [2.24, 2.45) is 5.92 Å². The van der Waals surface area contributed by atoms with E-state index >= 15 is 0 Å². The second kappa shape index (κ2) is 5.81. The number of aromatic nitrogens is 2. The number of H-pyrrole nitrogens is 1. The van der Waals surface area contributed by atoms with Crippen LogP contribution in [0.2, 0.25) is 5.02 Å². The average Bonchev–Trinajstić information content (AvgIpc) is 1.98. The van der Waals surface area contributed by atoms with Crippen LogP contribution in [0.1, 0.15) is 32.3 Å². The topological polar surface area (TPSA) is 45.8 Å². The summed E-state index contributed by atoms with van der Waals surface area (Å²) in [7, 11) is 0. The largest absolute Gasteiger partial charge is 0.309 e. The molecule has 14 heavy (non-hydrogen) atoms. The van der Waals surface area contributed by atoms with Crippen molar-refractivity contribution in [3.05, 3.63) is 26.9 Å². The summed E-state index contributed by atoms with van der Waals surface area (Å²) in [5, 5.41) is 0.172. The summed E-state index contributed by atoms with van der Waals surface area (Å²) in [5.74, 6) is 1.42. The first-order valence-electron chi connectivity index (χ1n) is 4.57. The van der Waals surface area contributed by atoms with Crippen molar-refractivity contribution in [1.82, 2.24) is 9.97 Å². The molecule has 0 radical (unpaired) electrons. The molecule has 1 aromatic rings. The summed E-state index contributed by atoms with van der Waals surface area (Å²) >= 11 is 5.54. The molecule has 1 rings (SSSR count). The van der Waals surface area contributed by atoms with Crippen LogP contribution in [-0.4, -0.2) is 9.97 Å². The van der Waals surface area contributed by atoms with E-state index in [9.17, 15) is 4.79 Å². The molecule has 3 nitrogen and oxygen atoms in total. The maximum Gasteiger partial charge on any atom is 0.269 e. The van der Waals surface area contributed by atoms with Gasteiger partial charge in [0.2, 0.25) is 0 Å². The van der Waals surface area contributed by atoms with Crippen LogP contribution in [0.3, 0.4) is 0 Å². The average molecular weight is 217 g/mol. The van der Waals surface area contributed by atoms with Crippen LogP contribution in [0, 0.1) is 19.8 Å². The Morgan fingerprint density at radius 2 is 1.71 bits per heavy atom. The summed E-state index contributed by atoms with van der Waals surface area (Å²) < 4.78 is 0. The normalized spacial score (nSPS) is 9.64. The lowest BCUT2D eigenvalue weighted by Gasteiger charge is -1.95.